The van der Waals surface area contributed by atoms with E-state index in [-0.39, 0.29) is 6.04 Å². The van der Waals surface area contributed by atoms with E-state index in [0.717, 1.165) is 23.6 Å². The number of nitrogens with zero attached hydrogens (tertiary/aromatic N) is 2. The van der Waals surface area contributed by atoms with Crippen LogP contribution in [0, 0.1) is 13.8 Å². The number of aromatic nitrogens is 2. The molecule has 1 unspecified atom stereocenters. The van der Waals surface area contributed by atoms with E-state index in [1.165, 1.54) is 5.56 Å². The molecule has 0 radical (unpaired) electrons. The second-order valence-corrected chi connectivity index (χ2v) is 4.69. The largest absolute Gasteiger partial charge is 0.364 e. The molecule has 3 N–H and O–H groups in total. The number of nitrogens with two attached hydrogens (primary N) is 1. The van der Waals surface area contributed by atoms with E-state index < -0.39 is 0 Å². The van der Waals surface area contributed by atoms with Gasteiger partial charge in [-0.3, -0.25) is 4.98 Å². The number of hydrogen-bond acceptors (Lipinski definition) is 4. The van der Waals surface area contributed by atoms with Crippen molar-refractivity contribution in [2.24, 2.45) is 5.73 Å². The first-order valence-electron chi connectivity index (χ1n) is 6.50. The monoisotopic (exact) mass is 256 g/mol. The van der Waals surface area contributed by atoms with Crippen molar-refractivity contribution in [3.05, 3.63) is 53.5 Å². The predicted octanol–water partition coefficient (Wildman–Crippen LogP) is 2.08. The van der Waals surface area contributed by atoms with E-state index in [9.17, 15) is 0 Å². The van der Waals surface area contributed by atoms with Crippen LogP contribution in [0.15, 0.2) is 36.5 Å². The van der Waals surface area contributed by atoms with Crippen LogP contribution in [0.4, 0.5) is 5.82 Å². The zero-order chi connectivity index (χ0) is 13.7. The Morgan fingerprint density at radius 3 is 2.53 bits per heavy atom. The molecule has 2 rings (SSSR count). The lowest BCUT2D eigenvalue weighted by atomic mass is 10.1. The molecule has 0 aliphatic rings. The third kappa shape index (κ3) is 3.76. The maximum atomic E-state index is 5.83. The fourth-order valence-corrected chi connectivity index (χ4v) is 1.91. The molecule has 19 heavy (non-hydrogen) atoms. The highest BCUT2D eigenvalue weighted by molar-refractivity contribution is 5.35. The maximum Gasteiger partial charge on any atom is 0.145 e. The van der Waals surface area contributed by atoms with Crippen molar-refractivity contribution in [3.63, 3.8) is 0 Å². The van der Waals surface area contributed by atoms with Crippen molar-refractivity contribution in [1.82, 2.24) is 9.97 Å². The zero-order valence-corrected chi connectivity index (χ0v) is 11.4. The van der Waals surface area contributed by atoms with Gasteiger partial charge in [0.25, 0.3) is 0 Å². The Balaban J connectivity index is 2.04. The van der Waals surface area contributed by atoms with Crippen LogP contribution in [0.25, 0.3) is 0 Å². The van der Waals surface area contributed by atoms with Gasteiger partial charge in [0, 0.05) is 12.6 Å². The summed E-state index contributed by atoms with van der Waals surface area (Å²) in [5.41, 5.74) is 8.99. The number of anilines is 1. The minimum absolute atomic E-state index is 0.166. The highest BCUT2D eigenvalue weighted by Crippen LogP contribution is 2.10. The second kappa shape index (κ2) is 6.29. The lowest BCUT2D eigenvalue weighted by Gasteiger charge is -2.17. The van der Waals surface area contributed by atoms with E-state index >= 15 is 0 Å². The molecule has 0 saturated carbocycles. The molecule has 100 valence electrons. The van der Waals surface area contributed by atoms with Crippen LogP contribution in [-0.4, -0.2) is 22.6 Å². The molecule has 1 atom stereocenters. The van der Waals surface area contributed by atoms with Crippen LogP contribution in [0.2, 0.25) is 0 Å². The number of aryl methyl sites for hydroxylation is 2. The molecule has 0 saturated heterocycles. The van der Waals surface area contributed by atoms with Gasteiger partial charge in [-0.2, -0.15) is 0 Å². The molecular weight excluding hydrogens is 236 g/mol. The predicted molar refractivity (Wildman–Crippen MR) is 78.1 cm³/mol. The Bertz CT molecular complexity index is 525. The molecule has 0 aliphatic heterocycles. The van der Waals surface area contributed by atoms with Gasteiger partial charge < -0.3 is 11.1 Å². The van der Waals surface area contributed by atoms with Crippen molar-refractivity contribution in [1.29, 1.82) is 0 Å². The molecular formula is C15H20N4. The van der Waals surface area contributed by atoms with Crippen molar-refractivity contribution in [2.45, 2.75) is 26.3 Å². The minimum Gasteiger partial charge on any atom is -0.364 e. The lowest BCUT2D eigenvalue weighted by Crippen LogP contribution is -2.31. The van der Waals surface area contributed by atoms with Crippen LogP contribution < -0.4 is 11.1 Å². The molecule has 2 aromatic rings. The SMILES string of the molecule is Cc1ncc(NC(CN)Cc2ccccc2)nc1C. The fraction of sp³-hybridized carbons (Fsp3) is 0.333. The van der Waals surface area contributed by atoms with Gasteiger partial charge in [-0.15, -0.1) is 0 Å². The molecule has 1 aromatic carbocycles. The molecule has 1 aromatic heterocycles. The Kier molecular flexibility index (Phi) is 4.47. The normalized spacial score (nSPS) is 12.2. The van der Waals surface area contributed by atoms with Crippen molar-refractivity contribution < 1.29 is 0 Å². The topological polar surface area (TPSA) is 63.8 Å². The highest BCUT2D eigenvalue weighted by atomic mass is 15.0. The van der Waals surface area contributed by atoms with Gasteiger partial charge in [0.05, 0.1) is 17.6 Å². The average Bonchev–Trinajstić information content (AvgIpc) is 2.43. The van der Waals surface area contributed by atoms with E-state index in [2.05, 4.69) is 27.4 Å². The second-order valence-electron chi connectivity index (χ2n) is 4.69. The van der Waals surface area contributed by atoms with Crippen LogP contribution in [-0.2, 0) is 6.42 Å². The first-order valence-corrected chi connectivity index (χ1v) is 6.50. The van der Waals surface area contributed by atoms with Crippen LogP contribution in [0.5, 0.6) is 0 Å². The number of hydrogen-bond donors (Lipinski definition) is 2. The Labute approximate surface area is 114 Å². The highest BCUT2D eigenvalue weighted by Gasteiger charge is 2.09. The zero-order valence-electron chi connectivity index (χ0n) is 11.4. The van der Waals surface area contributed by atoms with Crippen molar-refractivity contribution in [2.75, 3.05) is 11.9 Å². The third-order valence-corrected chi connectivity index (χ3v) is 3.15. The summed E-state index contributed by atoms with van der Waals surface area (Å²) in [5, 5.41) is 3.35. The number of benzene rings is 1. The summed E-state index contributed by atoms with van der Waals surface area (Å²) in [5.74, 6) is 0.787. The fourth-order valence-electron chi connectivity index (χ4n) is 1.91. The molecule has 4 heteroatoms. The molecule has 0 spiro atoms. The summed E-state index contributed by atoms with van der Waals surface area (Å²) in [7, 11) is 0. The van der Waals surface area contributed by atoms with E-state index in [1.807, 2.05) is 32.0 Å². The van der Waals surface area contributed by atoms with Gasteiger partial charge in [-0.25, -0.2) is 4.98 Å². The molecule has 1 heterocycles. The Hall–Kier alpha value is -1.94. The van der Waals surface area contributed by atoms with Crippen LogP contribution >= 0.6 is 0 Å². The lowest BCUT2D eigenvalue weighted by molar-refractivity contribution is 0.718. The van der Waals surface area contributed by atoms with E-state index in [4.69, 9.17) is 5.73 Å². The van der Waals surface area contributed by atoms with Crippen LogP contribution in [0.1, 0.15) is 17.0 Å². The first kappa shape index (κ1) is 13.5. The summed E-state index contributed by atoms with van der Waals surface area (Å²) in [6.45, 7) is 4.47. The molecule has 4 nitrogen and oxygen atoms in total. The van der Waals surface area contributed by atoms with Crippen molar-refractivity contribution >= 4 is 5.82 Å². The van der Waals surface area contributed by atoms with Crippen LogP contribution in [0.3, 0.4) is 0 Å². The Morgan fingerprint density at radius 2 is 1.89 bits per heavy atom. The standard InChI is InChI=1S/C15H20N4/c1-11-12(2)18-15(10-17-11)19-14(9-16)8-13-6-4-3-5-7-13/h3-7,10,14H,8-9,16H2,1-2H3,(H,18,19). The summed E-state index contributed by atoms with van der Waals surface area (Å²) >= 11 is 0. The van der Waals surface area contributed by atoms with E-state index in [1.54, 1.807) is 6.20 Å². The third-order valence-electron chi connectivity index (χ3n) is 3.15. The van der Waals surface area contributed by atoms with Gasteiger partial charge in [0.15, 0.2) is 0 Å². The molecule has 0 bridgehead atoms. The smallest absolute Gasteiger partial charge is 0.145 e. The first-order chi connectivity index (χ1) is 9.19. The van der Waals surface area contributed by atoms with Gasteiger partial charge >= 0.3 is 0 Å². The number of rotatable bonds is 5. The van der Waals surface area contributed by atoms with Gasteiger partial charge in [-0.05, 0) is 25.8 Å². The summed E-state index contributed by atoms with van der Waals surface area (Å²) in [6, 6.07) is 10.5. The van der Waals surface area contributed by atoms with E-state index in [0.29, 0.717) is 6.54 Å². The van der Waals surface area contributed by atoms with Gasteiger partial charge in [-0.1, -0.05) is 30.3 Å². The summed E-state index contributed by atoms with van der Waals surface area (Å²) < 4.78 is 0. The van der Waals surface area contributed by atoms with Gasteiger partial charge in [0.2, 0.25) is 0 Å². The quantitative estimate of drug-likeness (QED) is 0.859. The number of nitrogens with one attached hydrogen (secondary N) is 1. The Morgan fingerprint density at radius 1 is 1.16 bits per heavy atom. The average molecular weight is 256 g/mol. The maximum absolute atomic E-state index is 5.83. The van der Waals surface area contributed by atoms with Gasteiger partial charge in [0.1, 0.15) is 5.82 Å². The van der Waals surface area contributed by atoms with Crippen molar-refractivity contribution in [3.8, 4) is 0 Å². The summed E-state index contributed by atoms with van der Waals surface area (Å²) in [4.78, 5) is 8.78. The molecule has 0 amide bonds. The molecule has 0 aliphatic carbocycles. The summed E-state index contributed by atoms with van der Waals surface area (Å²) in [6.07, 6.45) is 2.64. The molecule has 0 fully saturated rings. The minimum atomic E-state index is 0.166.